The molecule has 1 saturated heterocycles. The number of carboxylic acids is 1. The van der Waals surface area contributed by atoms with Crippen molar-refractivity contribution in [1.29, 1.82) is 0 Å². The predicted molar refractivity (Wildman–Crippen MR) is 79.6 cm³/mol. The minimum atomic E-state index is -4.68. The first-order chi connectivity index (χ1) is 11.4. The summed E-state index contributed by atoms with van der Waals surface area (Å²) in [5.41, 5.74) is -0.289. The number of aliphatic carboxylic acids is 1. The highest BCUT2D eigenvalue weighted by molar-refractivity contribution is 5.77. The third kappa shape index (κ3) is 4.40. The molecule has 0 aromatic carbocycles. The molecule has 0 unspecified atom stereocenters. The molecule has 11 heteroatoms. The number of carbonyl (C=O) groups excluding carboxylic acids is 1. The smallest absolute Gasteiger partial charge is 0.394 e. The van der Waals surface area contributed by atoms with Crippen LogP contribution in [0.5, 0.6) is 0 Å². The Morgan fingerprint density at radius 3 is 2.40 bits per heavy atom. The van der Waals surface area contributed by atoms with Crippen LogP contribution in [-0.4, -0.2) is 56.5 Å². The van der Waals surface area contributed by atoms with Crippen molar-refractivity contribution >= 4 is 12.0 Å². The van der Waals surface area contributed by atoms with Crippen LogP contribution in [0.3, 0.4) is 0 Å². The Hall–Kier alpha value is -2.33. The zero-order valence-corrected chi connectivity index (χ0v) is 14.0. The number of rotatable bonds is 3. The van der Waals surface area contributed by atoms with Gasteiger partial charge >= 0.3 is 18.2 Å². The second kappa shape index (κ2) is 6.52. The molecule has 1 aliphatic rings. The maximum atomic E-state index is 12.9. The topological polar surface area (TPSA) is 111 Å². The van der Waals surface area contributed by atoms with E-state index in [0.29, 0.717) is 11.6 Å². The molecular formula is C14H20F3N5O3. The Bertz CT molecular complexity index is 653. The van der Waals surface area contributed by atoms with E-state index >= 15 is 0 Å². The van der Waals surface area contributed by atoms with Gasteiger partial charge in [-0.3, -0.25) is 9.89 Å². The van der Waals surface area contributed by atoms with Gasteiger partial charge in [-0.2, -0.15) is 18.3 Å². The Kier molecular flexibility index (Phi) is 4.96. The predicted octanol–water partition coefficient (Wildman–Crippen LogP) is 1.51. The fraction of sp³-hybridized carbons (Fsp3) is 0.714. The number of carbonyl (C=O) groups is 2. The molecule has 2 heterocycles. The van der Waals surface area contributed by atoms with E-state index in [1.165, 1.54) is 0 Å². The van der Waals surface area contributed by atoms with E-state index in [9.17, 15) is 22.8 Å². The summed E-state index contributed by atoms with van der Waals surface area (Å²) in [5, 5.41) is 18.0. The fourth-order valence-electron chi connectivity index (χ4n) is 2.53. The van der Waals surface area contributed by atoms with Crippen LogP contribution in [0.2, 0.25) is 0 Å². The number of aromatic amines is 1. The average Bonchev–Trinajstić information content (AvgIpc) is 3.10. The van der Waals surface area contributed by atoms with Crippen molar-refractivity contribution in [3.63, 3.8) is 0 Å². The number of hydrogen-bond acceptors (Lipinski definition) is 4. The van der Waals surface area contributed by atoms with Gasteiger partial charge < -0.3 is 15.3 Å². The number of carboxylic acid groups (broad SMARTS) is 1. The Labute approximate surface area is 141 Å². The second-order valence-corrected chi connectivity index (χ2v) is 7.01. The highest BCUT2D eigenvalue weighted by atomic mass is 19.4. The molecule has 0 spiro atoms. The molecule has 2 rings (SSSR count). The van der Waals surface area contributed by atoms with Crippen molar-refractivity contribution in [1.82, 2.24) is 25.4 Å². The molecule has 0 aliphatic carbocycles. The Balaban J connectivity index is 1.97. The Morgan fingerprint density at radius 1 is 1.32 bits per heavy atom. The van der Waals surface area contributed by atoms with E-state index in [1.807, 2.05) is 20.8 Å². The van der Waals surface area contributed by atoms with Crippen LogP contribution < -0.4 is 5.32 Å². The number of amides is 2. The monoisotopic (exact) mass is 363 g/mol. The van der Waals surface area contributed by atoms with E-state index in [2.05, 4.69) is 20.5 Å². The minimum absolute atomic E-state index is 0.0488. The molecule has 1 aliphatic heterocycles. The first kappa shape index (κ1) is 19.0. The highest BCUT2D eigenvalue weighted by Gasteiger charge is 2.53. The SMILES string of the molecule is CC(C)(C)c1n[nH]c(CNC(=O)N2C[C@@H](C(F)(F)F)[C@H](C(=O)O)C2)n1. The lowest BCUT2D eigenvalue weighted by Crippen LogP contribution is -2.39. The van der Waals surface area contributed by atoms with Crippen LogP contribution >= 0.6 is 0 Å². The zero-order valence-electron chi connectivity index (χ0n) is 14.0. The fourth-order valence-corrected chi connectivity index (χ4v) is 2.53. The van der Waals surface area contributed by atoms with Crippen LogP contribution in [0, 0.1) is 11.8 Å². The molecule has 25 heavy (non-hydrogen) atoms. The number of nitrogens with zero attached hydrogens (tertiary/aromatic N) is 3. The largest absolute Gasteiger partial charge is 0.481 e. The number of halogens is 3. The van der Waals surface area contributed by atoms with Crippen molar-refractivity contribution < 1.29 is 27.9 Å². The van der Waals surface area contributed by atoms with E-state index in [0.717, 1.165) is 4.90 Å². The van der Waals surface area contributed by atoms with Crippen molar-refractivity contribution in [3.8, 4) is 0 Å². The third-order valence-corrected chi connectivity index (χ3v) is 3.95. The van der Waals surface area contributed by atoms with Crippen molar-refractivity contribution in [2.24, 2.45) is 11.8 Å². The zero-order chi connectivity index (χ0) is 19.0. The number of alkyl halides is 3. The molecule has 140 valence electrons. The number of likely N-dealkylation sites (tertiary alicyclic amines) is 1. The van der Waals surface area contributed by atoms with Gasteiger partial charge in [0.25, 0.3) is 0 Å². The number of urea groups is 1. The van der Waals surface area contributed by atoms with Crippen molar-refractivity contribution in [2.45, 2.75) is 38.9 Å². The summed E-state index contributed by atoms with van der Waals surface area (Å²) in [5.74, 6) is -4.40. The molecule has 1 aromatic rings. The summed E-state index contributed by atoms with van der Waals surface area (Å²) in [7, 11) is 0. The van der Waals surface area contributed by atoms with Gasteiger partial charge in [0.1, 0.15) is 5.82 Å². The van der Waals surface area contributed by atoms with Crippen LogP contribution in [0.15, 0.2) is 0 Å². The van der Waals surface area contributed by atoms with Gasteiger partial charge in [-0.15, -0.1) is 0 Å². The summed E-state index contributed by atoms with van der Waals surface area (Å²) >= 11 is 0. The van der Waals surface area contributed by atoms with Gasteiger partial charge in [-0.05, 0) is 0 Å². The van der Waals surface area contributed by atoms with E-state index in [1.54, 1.807) is 0 Å². The summed E-state index contributed by atoms with van der Waals surface area (Å²) in [6.45, 7) is 4.50. The van der Waals surface area contributed by atoms with E-state index in [-0.39, 0.29) is 12.0 Å². The van der Waals surface area contributed by atoms with Gasteiger partial charge in [0.2, 0.25) is 0 Å². The second-order valence-electron chi connectivity index (χ2n) is 7.01. The number of aromatic nitrogens is 3. The summed E-state index contributed by atoms with van der Waals surface area (Å²) in [6.07, 6.45) is -4.68. The number of nitrogens with one attached hydrogen (secondary N) is 2. The molecule has 3 N–H and O–H groups in total. The Morgan fingerprint density at radius 2 is 1.96 bits per heavy atom. The molecule has 1 aromatic heterocycles. The van der Waals surface area contributed by atoms with Gasteiger partial charge in [-0.1, -0.05) is 20.8 Å². The molecule has 0 saturated carbocycles. The quantitative estimate of drug-likeness (QED) is 0.754. The van der Waals surface area contributed by atoms with Gasteiger partial charge in [0, 0.05) is 18.5 Å². The third-order valence-electron chi connectivity index (χ3n) is 3.95. The maximum absolute atomic E-state index is 12.9. The minimum Gasteiger partial charge on any atom is -0.481 e. The van der Waals surface area contributed by atoms with Gasteiger partial charge in [0.15, 0.2) is 5.82 Å². The lowest BCUT2D eigenvalue weighted by atomic mass is 9.96. The van der Waals surface area contributed by atoms with Crippen LogP contribution in [0.1, 0.15) is 32.4 Å². The molecular weight excluding hydrogens is 343 g/mol. The summed E-state index contributed by atoms with van der Waals surface area (Å²) in [6, 6.07) is -0.772. The lowest BCUT2D eigenvalue weighted by Gasteiger charge is -2.18. The van der Waals surface area contributed by atoms with Gasteiger partial charge in [0.05, 0.1) is 18.4 Å². The summed E-state index contributed by atoms with van der Waals surface area (Å²) < 4.78 is 38.8. The maximum Gasteiger partial charge on any atom is 0.394 e. The molecule has 2 atom stereocenters. The van der Waals surface area contributed by atoms with Crippen molar-refractivity contribution in [2.75, 3.05) is 13.1 Å². The summed E-state index contributed by atoms with van der Waals surface area (Å²) in [4.78, 5) is 28.1. The van der Waals surface area contributed by atoms with E-state index < -0.39 is 43.1 Å². The highest BCUT2D eigenvalue weighted by Crippen LogP contribution is 2.37. The standard InChI is InChI=1S/C14H20F3N5O3/c1-13(2,3)11-19-9(20-21-11)4-18-12(25)22-5-7(10(23)24)8(6-22)14(15,16)17/h7-8H,4-6H2,1-3H3,(H,18,25)(H,23,24)(H,19,20,21)/t7-,8-/m1/s1. The molecule has 0 radical (unpaired) electrons. The van der Waals surface area contributed by atoms with Crippen molar-refractivity contribution in [3.05, 3.63) is 11.6 Å². The number of hydrogen-bond donors (Lipinski definition) is 3. The first-order valence-corrected chi connectivity index (χ1v) is 7.63. The molecule has 8 nitrogen and oxygen atoms in total. The number of H-pyrrole nitrogens is 1. The van der Waals surface area contributed by atoms with Crippen LogP contribution in [0.25, 0.3) is 0 Å². The average molecular weight is 363 g/mol. The van der Waals surface area contributed by atoms with Crippen LogP contribution in [0.4, 0.5) is 18.0 Å². The lowest BCUT2D eigenvalue weighted by molar-refractivity contribution is -0.187. The molecule has 0 bridgehead atoms. The normalized spacial score (nSPS) is 21.4. The first-order valence-electron chi connectivity index (χ1n) is 7.63. The molecule has 2 amide bonds. The van der Waals surface area contributed by atoms with Crippen LogP contribution in [-0.2, 0) is 16.8 Å². The van der Waals surface area contributed by atoms with E-state index in [4.69, 9.17) is 5.11 Å². The molecule has 1 fully saturated rings. The van der Waals surface area contributed by atoms with Gasteiger partial charge in [-0.25, -0.2) is 9.78 Å².